The van der Waals surface area contributed by atoms with Crippen molar-refractivity contribution in [2.75, 3.05) is 0 Å². The summed E-state index contributed by atoms with van der Waals surface area (Å²) in [5, 5.41) is 0.338. The van der Waals surface area contributed by atoms with Crippen LogP contribution in [0.3, 0.4) is 0 Å². The first kappa shape index (κ1) is 14.3. The van der Waals surface area contributed by atoms with E-state index in [9.17, 15) is 13.2 Å². The predicted molar refractivity (Wildman–Crippen MR) is 57.2 cm³/mol. The molecule has 0 spiro atoms. The second-order valence-electron chi connectivity index (χ2n) is 2.65. The Balaban J connectivity index is 0.000000921. The summed E-state index contributed by atoms with van der Waals surface area (Å²) in [6, 6.07) is 3.62. The molecular formula is C11H14ClF3. The van der Waals surface area contributed by atoms with Gasteiger partial charge in [-0.05, 0) is 30.2 Å². The second kappa shape index (κ2) is 6.01. The highest BCUT2D eigenvalue weighted by Gasteiger charge is 2.32. The highest BCUT2D eigenvalue weighted by atomic mass is 35.5. The Morgan fingerprint density at radius 3 is 2.13 bits per heavy atom. The quantitative estimate of drug-likeness (QED) is 0.650. The summed E-state index contributed by atoms with van der Waals surface area (Å²) in [5.74, 6) is 0. The second-order valence-corrected chi connectivity index (χ2v) is 3.09. The van der Waals surface area contributed by atoms with Gasteiger partial charge in [0.25, 0.3) is 0 Å². The first-order valence-corrected chi connectivity index (χ1v) is 5.18. The van der Waals surface area contributed by atoms with Crippen molar-refractivity contribution in [3.05, 3.63) is 34.3 Å². The summed E-state index contributed by atoms with van der Waals surface area (Å²) >= 11 is 5.58. The highest BCUT2D eigenvalue weighted by Crippen LogP contribution is 2.33. The molecule has 4 heteroatoms. The maximum Gasteiger partial charge on any atom is 0.416 e. The van der Waals surface area contributed by atoms with Crippen molar-refractivity contribution >= 4 is 11.6 Å². The van der Waals surface area contributed by atoms with Crippen molar-refractivity contribution in [1.29, 1.82) is 0 Å². The van der Waals surface area contributed by atoms with E-state index in [0.717, 1.165) is 6.07 Å². The van der Waals surface area contributed by atoms with Crippen LogP contribution in [0, 0.1) is 0 Å². The Morgan fingerprint density at radius 1 is 1.20 bits per heavy atom. The molecule has 0 N–H and O–H groups in total. The maximum atomic E-state index is 12.3. The normalized spacial score (nSPS) is 10.6. The van der Waals surface area contributed by atoms with Crippen molar-refractivity contribution in [2.45, 2.75) is 33.4 Å². The topological polar surface area (TPSA) is 0 Å². The molecule has 0 saturated carbocycles. The van der Waals surface area contributed by atoms with Gasteiger partial charge in [-0.25, -0.2) is 0 Å². The summed E-state index contributed by atoms with van der Waals surface area (Å²) in [5.41, 5.74) is -0.362. The largest absolute Gasteiger partial charge is 0.416 e. The Kier molecular flexibility index (Phi) is 5.73. The minimum Gasteiger partial charge on any atom is -0.166 e. The van der Waals surface area contributed by atoms with Gasteiger partial charge in [-0.3, -0.25) is 0 Å². The van der Waals surface area contributed by atoms with Crippen LogP contribution < -0.4 is 0 Å². The summed E-state index contributed by atoms with van der Waals surface area (Å²) in [4.78, 5) is 0. The molecule has 1 aromatic rings. The minimum absolute atomic E-state index is 0.236. The molecule has 1 aromatic carbocycles. The Labute approximate surface area is 93.1 Å². The van der Waals surface area contributed by atoms with Crippen molar-refractivity contribution in [3.8, 4) is 0 Å². The van der Waals surface area contributed by atoms with Gasteiger partial charge in [0.1, 0.15) is 0 Å². The van der Waals surface area contributed by atoms with E-state index in [2.05, 4.69) is 0 Å². The molecular weight excluding hydrogens is 225 g/mol. The van der Waals surface area contributed by atoms with E-state index in [0.29, 0.717) is 11.4 Å². The maximum absolute atomic E-state index is 12.3. The standard InChI is InChI=1S/C9H8ClF3.C2H6/c1-2-6-5-7(10)3-4-8(6)9(11,12)13;1-2/h3-5H,2H2,1H3;1-2H3. The molecule has 0 aromatic heterocycles. The molecule has 15 heavy (non-hydrogen) atoms. The van der Waals surface area contributed by atoms with Crippen molar-refractivity contribution < 1.29 is 13.2 Å². The van der Waals surface area contributed by atoms with E-state index in [1.807, 2.05) is 13.8 Å². The Bertz CT molecular complexity index is 305. The fourth-order valence-corrected chi connectivity index (χ4v) is 1.33. The van der Waals surface area contributed by atoms with Gasteiger partial charge >= 0.3 is 6.18 Å². The van der Waals surface area contributed by atoms with Gasteiger partial charge in [0, 0.05) is 5.02 Å². The summed E-state index contributed by atoms with van der Waals surface area (Å²) in [7, 11) is 0. The Morgan fingerprint density at radius 2 is 1.73 bits per heavy atom. The van der Waals surface area contributed by atoms with E-state index in [4.69, 9.17) is 11.6 Å². The van der Waals surface area contributed by atoms with Gasteiger partial charge in [-0.1, -0.05) is 32.4 Å². The third-order valence-electron chi connectivity index (χ3n) is 1.75. The highest BCUT2D eigenvalue weighted by molar-refractivity contribution is 6.30. The number of rotatable bonds is 1. The lowest BCUT2D eigenvalue weighted by Crippen LogP contribution is -2.08. The third kappa shape index (κ3) is 4.12. The van der Waals surface area contributed by atoms with Crippen molar-refractivity contribution in [3.63, 3.8) is 0 Å². The van der Waals surface area contributed by atoms with Crippen LogP contribution in [-0.4, -0.2) is 0 Å². The average molecular weight is 239 g/mol. The Hall–Kier alpha value is -0.700. The number of halogens is 4. The molecule has 0 heterocycles. The van der Waals surface area contributed by atoms with Gasteiger partial charge in [0.2, 0.25) is 0 Å². The van der Waals surface area contributed by atoms with Crippen LogP contribution in [-0.2, 0) is 12.6 Å². The number of hydrogen-bond donors (Lipinski definition) is 0. The summed E-state index contributed by atoms with van der Waals surface area (Å²) < 4.78 is 37.0. The fourth-order valence-electron chi connectivity index (χ4n) is 1.13. The van der Waals surface area contributed by atoms with Crippen LogP contribution in [0.15, 0.2) is 18.2 Å². The number of aryl methyl sites for hydroxylation is 1. The van der Waals surface area contributed by atoms with E-state index in [-0.39, 0.29) is 5.56 Å². The van der Waals surface area contributed by atoms with E-state index >= 15 is 0 Å². The monoisotopic (exact) mass is 238 g/mol. The fraction of sp³-hybridized carbons (Fsp3) is 0.455. The third-order valence-corrected chi connectivity index (χ3v) is 1.99. The smallest absolute Gasteiger partial charge is 0.166 e. The van der Waals surface area contributed by atoms with E-state index in [1.165, 1.54) is 12.1 Å². The zero-order chi connectivity index (χ0) is 12.1. The minimum atomic E-state index is -4.28. The number of hydrogen-bond acceptors (Lipinski definition) is 0. The van der Waals surface area contributed by atoms with Crippen LogP contribution in [0.2, 0.25) is 5.02 Å². The van der Waals surface area contributed by atoms with Crippen LogP contribution in [0.5, 0.6) is 0 Å². The molecule has 1 rings (SSSR count). The summed E-state index contributed by atoms with van der Waals surface area (Å²) in [6.45, 7) is 5.67. The lowest BCUT2D eigenvalue weighted by atomic mass is 10.1. The van der Waals surface area contributed by atoms with Crippen molar-refractivity contribution in [2.24, 2.45) is 0 Å². The zero-order valence-corrected chi connectivity index (χ0v) is 9.71. The number of alkyl halides is 3. The molecule has 0 aliphatic carbocycles. The van der Waals surface area contributed by atoms with Crippen LogP contribution in [0.4, 0.5) is 13.2 Å². The van der Waals surface area contributed by atoms with Gasteiger partial charge < -0.3 is 0 Å². The van der Waals surface area contributed by atoms with Crippen LogP contribution >= 0.6 is 11.6 Å². The van der Waals surface area contributed by atoms with Gasteiger partial charge in [0.05, 0.1) is 5.56 Å². The summed E-state index contributed by atoms with van der Waals surface area (Å²) in [6.07, 6.45) is -3.95. The molecule has 0 saturated heterocycles. The molecule has 0 aliphatic heterocycles. The van der Waals surface area contributed by atoms with Gasteiger partial charge in [0.15, 0.2) is 0 Å². The molecule has 0 bridgehead atoms. The van der Waals surface area contributed by atoms with Crippen LogP contribution in [0.25, 0.3) is 0 Å². The van der Waals surface area contributed by atoms with E-state index in [1.54, 1.807) is 6.92 Å². The first-order valence-electron chi connectivity index (χ1n) is 4.80. The number of benzene rings is 1. The SMILES string of the molecule is CC.CCc1cc(Cl)ccc1C(F)(F)F. The molecule has 0 fully saturated rings. The van der Waals surface area contributed by atoms with E-state index < -0.39 is 11.7 Å². The molecule has 0 aliphatic rings. The average Bonchev–Trinajstić information content (AvgIpc) is 2.18. The molecule has 0 radical (unpaired) electrons. The molecule has 86 valence electrons. The van der Waals surface area contributed by atoms with Crippen LogP contribution in [0.1, 0.15) is 31.9 Å². The van der Waals surface area contributed by atoms with Gasteiger partial charge in [-0.15, -0.1) is 0 Å². The molecule has 0 amide bonds. The molecule has 0 unspecified atom stereocenters. The zero-order valence-electron chi connectivity index (χ0n) is 8.95. The predicted octanol–water partition coefficient (Wildman–Crippen LogP) is 4.95. The van der Waals surface area contributed by atoms with Gasteiger partial charge in [-0.2, -0.15) is 13.2 Å². The van der Waals surface area contributed by atoms with Crippen molar-refractivity contribution in [1.82, 2.24) is 0 Å². The first-order chi connectivity index (χ1) is 6.95. The molecule has 0 nitrogen and oxygen atoms in total. The lowest BCUT2D eigenvalue weighted by Gasteiger charge is -2.11. The lowest BCUT2D eigenvalue weighted by molar-refractivity contribution is -0.138. The molecule has 0 atom stereocenters.